The van der Waals surface area contributed by atoms with Crippen molar-refractivity contribution in [2.24, 2.45) is 34.5 Å². The molecule has 1 N–H and O–H groups in total. The van der Waals surface area contributed by atoms with E-state index < -0.39 is 23.1 Å². The van der Waals surface area contributed by atoms with Gasteiger partial charge in [-0.3, -0.25) is 9.59 Å². The van der Waals surface area contributed by atoms with E-state index in [0.29, 0.717) is 12.8 Å². The molecule has 1 spiro atoms. The van der Waals surface area contributed by atoms with Gasteiger partial charge in [-0.15, -0.1) is 0 Å². The molecule has 0 aromatic rings. The highest BCUT2D eigenvalue weighted by atomic mass is 16.9. The number of methoxy groups -OCH3 is 1. The first kappa shape index (κ1) is 21.5. The average molecular weight is 431 g/mol. The highest BCUT2D eigenvalue weighted by molar-refractivity contribution is 6.01. The molecule has 4 fully saturated rings. The van der Waals surface area contributed by atoms with Gasteiger partial charge in [0, 0.05) is 30.8 Å². The van der Waals surface area contributed by atoms with E-state index in [1.165, 1.54) is 7.11 Å². The standard InChI is InChI=1S/C25H34O6/c1-14-10-16-17-7-9-25(20(28)13-30-24(4,29-5)31-25)23(17,3)12-19(27)21(16)22(2)8-6-15(26)11-18(14)22/h6,8,11,14,16-17,19,21,27H,7,9-10,12-13H2,1-5H3/t14-,16?,17?,19-,21?,22?,23?,24?,25-/m0/s1. The fraction of sp³-hybridized carbons (Fsp3) is 0.760. The van der Waals surface area contributed by atoms with Gasteiger partial charge in [-0.2, -0.15) is 0 Å². The molecule has 6 nitrogen and oxygen atoms in total. The number of hydrogen-bond acceptors (Lipinski definition) is 6. The molecule has 1 saturated heterocycles. The van der Waals surface area contributed by atoms with E-state index in [-0.39, 0.29) is 47.3 Å². The van der Waals surface area contributed by atoms with E-state index >= 15 is 0 Å². The second-order valence-corrected chi connectivity index (χ2v) is 11.0. The van der Waals surface area contributed by atoms with Crippen LogP contribution in [-0.2, 0) is 23.8 Å². The predicted molar refractivity (Wildman–Crippen MR) is 113 cm³/mol. The maximum Gasteiger partial charge on any atom is 0.281 e. The molecule has 0 aromatic carbocycles. The van der Waals surface area contributed by atoms with E-state index in [2.05, 4.69) is 20.8 Å². The molecule has 6 heteroatoms. The zero-order valence-electron chi connectivity index (χ0n) is 19.1. The summed E-state index contributed by atoms with van der Waals surface area (Å²) >= 11 is 0. The molecule has 0 aromatic heterocycles. The Morgan fingerprint density at radius 3 is 2.68 bits per heavy atom. The number of aliphatic hydroxyl groups is 1. The third kappa shape index (κ3) is 2.65. The zero-order valence-corrected chi connectivity index (χ0v) is 19.1. The second-order valence-electron chi connectivity index (χ2n) is 11.0. The number of ether oxygens (including phenoxy) is 3. The Morgan fingerprint density at radius 1 is 1.23 bits per heavy atom. The lowest BCUT2D eigenvalue weighted by atomic mass is 9.44. The van der Waals surface area contributed by atoms with Gasteiger partial charge in [0.25, 0.3) is 5.97 Å². The SMILES string of the molecule is COC1(C)OCC(=O)[C@]2(CCC3C4C[C@H](C)C5=CC(=O)C=CC5(C)C4[C@@H](O)CC32C)O1. The first-order valence-corrected chi connectivity index (χ1v) is 11.6. The number of hydrogen-bond donors (Lipinski definition) is 1. The monoisotopic (exact) mass is 430 g/mol. The number of allylic oxidation sites excluding steroid dienone is 4. The van der Waals surface area contributed by atoms with Gasteiger partial charge >= 0.3 is 0 Å². The fourth-order valence-corrected chi connectivity index (χ4v) is 8.18. The maximum atomic E-state index is 13.3. The van der Waals surface area contributed by atoms with Crippen molar-refractivity contribution in [3.63, 3.8) is 0 Å². The predicted octanol–water partition coefficient (Wildman–Crippen LogP) is 3.19. The largest absolute Gasteiger partial charge is 0.393 e. The number of aliphatic hydroxyl groups excluding tert-OH is 1. The van der Waals surface area contributed by atoms with Crippen LogP contribution < -0.4 is 0 Å². The summed E-state index contributed by atoms with van der Waals surface area (Å²) in [5.41, 5.74) is -0.707. The van der Waals surface area contributed by atoms with Crippen LogP contribution in [-0.4, -0.2) is 48.1 Å². The van der Waals surface area contributed by atoms with Crippen molar-refractivity contribution >= 4 is 11.6 Å². The number of carbonyl (C=O) groups excluding carboxylic acids is 2. The van der Waals surface area contributed by atoms with Gasteiger partial charge in [0.05, 0.1) is 6.10 Å². The Balaban J connectivity index is 1.57. The van der Waals surface area contributed by atoms with E-state index in [4.69, 9.17) is 14.2 Å². The Bertz CT molecular complexity index is 892. The summed E-state index contributed by atoms with van der Waals surface area (Å²) in [5.74, 6) is -0.503. The molecule has 0 bridgehead atoms. The molecule has 5 aliphatic rings. The highest BCUT2D eigenvalue weighted by Gasteiger charge is 2.71. The molecule has 6 unspecified atom stereocenters. The molecule has 0 amide bonds. The summed E-state index contributed by atoms with van der Waals surface area (Å²) in [4.78, 5) is 25.4. The van der Waals surface area contributed by atoms with Gasteiger partial charge in [-0.25, -0.2) is 0 Å². The minimum Gasteiger partial charge on any atom is -0.393 e. The smallest absolute Gasteiger partial charge is 0.281 e. The Hall–Kier alpha value is -1.34. The molecule has 170 valence electrons. The van der Waals surface area contributed by atoms with E-state index in [9.17, 15) is 14.7 Å². The van der Waals surface area contributed by atoms with Crippen LogP contribution in [0.5, 0.6) is 0 Å². The van der Waals surface area contributed by atoms with Crippen molar-refractivity contribution in [1.29, 1.82) is 0 Å². The second kappa shape index (κ2) is 6.60. The van der Waals surface area contributed by atoms with Gasteiger partial charge in [0.15, 0.2) is 11.6 Å². The summed E-state index contributed by atoms with van der Waals surface area (Å²) < 4.78 is 17.4. The highest BCUT2D eigenvalue weighted by Crippen LogP contribution is 2.69. The number of fused-ring (bicyclic) bond motifs is 6. The van der Waals surface area contributed by atoms with Crippen LogP contribution in [0.2, 0.25) is 0 Å². The van der Waals surface area contributed by atoms with Crippen LogP contribution in [0.4, 0.5) is 0 Å². The number of rotatable bonds is 1. The minimum atomic E-state index is -1.26. The molecule has 1 heterocycles. The Labute approximate surface area is 184 Å². The molecule has 3 saturated carbocycles. The number of ketones is 2. The molecular formula is C25H34O6. The topological polar surface area (TPSA) is 82.1 Å². The van der Waals surface area contributed by atoms with Crippen molar-refractivity contribution in [1.82, 2.24) is 0 Å². The molecule has 5 rings (SSSR count). The summed E-state index contributed by atoms with van der Waals surface area (Å²) in [6, 6.07) is 0. The quantitative estimate of drug-likeness (QED) is 0.688. The maximum absolute atomic E-state index is 13.3. The zero-order chi connectivity index (χ0) is 22.4. The van der Waals surface area contributed by atoms with Gasteiger partial charge < -0.3 is 19.3 Å². The van der Waals surface area contributed by atoms with Gasteiger partial charge in [-0.05, 0) is 55.6 Å². The molecular weight excluding hydrogens is 396 g/mol. The fourth-order valence-electron chi connectivity index (χ4n) is 8.18. The summed E-state index contributed by atoms with van der Waals surface area (Å²) in [6.45, 7) is 8.16. The summed E-state index contributed by atoms with van der Waals surface area (Å²) in [7, 11) is 1.53. The van der Waals surface area contributed by atoms with Crippen LogP contribution in [0.25, 0.3) is 0 Å². The Morgan fingerprint density at radius 2 is 1.97 bits per heavy atom. The third-order valence-corrected chi connectivity index (χ3v) is 9.58. The van der Waals surface area contributed by atoms with Gasteiger partial charge in [0.2, 0.25) is 0 Å². The molecule has 31 heavy (non-hydrogen) atoms. The van der Waals surface area contributed by atoms with Crippen molar-refractivity contribution < 1.29 is 28.9 Å². The van der Waals surface area contributed by atoms with Crippen LogP contribution in [0.1, 0.15) is 53.4 Å². The normalized spacial score (nSPS) is 53.7. The Kier molecular flexibility index (Phi) is 4.57. The van der Waals surface area contributed by atoms with Crippen molar-refractivity contribution in [2.45, 2.75) is 71.1 Å². The van der Waals surface area contributed by atoms with Crippen molar-refractivity contribution in [3.05, 3.63) is 23.8 Å². The van der Waals surface area contributed by atoms with E-state index in [1.807, 2.05) is 6.08 Å². The molecule has 0 radical (unpaired) electrons. The molecule has 9 atom stereocenters. The molecule has 1 aliphatic heterocycles. The summed E-state index contributed by atoms with van der Waals surface area (Å²) in [5, 5.41) is 11.6. The minimum absolute atomic E-state index is 0.0243. The third-order valence-electron chi connectivity index (χ3n) is 9.58. The molecule has 4 aliphatic carbocycles. The van der Waals surface area contributed by atoms with Crippen LogP contribution in [0.3, 0.4) is 0 Å². The van der Waals surface area contributed by atoms with Crippen LogP contribution in [0.15, 0.2) is 23.8 Å². The van der Waals surface area contributed by atoms with Gasteiger partial charge in [-0.1, -0.05) is 32.4 Å². The van der Waals surface area contributed by atoms with Crippen molar-refractivity contribution in [2.75, 3.05) is 13.7 Å². The van der Waals surface area contributed by atoms with E-state index in [1.54, 1.807) is 19.1 Å². The summed E-state index contributed by atoms with van der Waals surface area (Å²) in [6.07, 6.45) is 7.77. The lowest BCUT2D eigenvalue weighted by Gasteiger charge is -2.62. The van der Waals surface area contributed by atoms with E-state index in [0.717, 1.165) is 18.4 Å². The number of carbonyl (C=O) groups is 2. The lowest BCUT2D eigenvalue weighted by Crippen LogP contribution is -2.67. The number of Topliss-reactive ketones (excluding diaryl/α,β-unsaturated/α-hetero) is 1. The first-order valence-electron chi connectivity index (χ1n) is 11.6. The van der Waals surface area contributed by atoms with Gasteiger partial charge in [0.1, 0.15) is 12.2 Å². The first-order chi connectivity index (χ1) is 14.5. The van der Waals surface area contributed by atoms with Crippen molar-refractivity contribution in [3.8, 4) is 0 Å². The lowest BCUT2D eigenvalue weighted by molar-refractivity contribution is -0.415. The van der Waals surface area contributed by atoms with Crippen LogP contribution >= 0.6 is 0 Å². The van der Waals surface area contributed by atoms with Crippen LogP contribution in [0, 0.1) is 34.5 Å². The average Bonchev–Trinajstić information content (AvgIpc) is 2.99.